The highest BCUT2D eigenvalue weighted by Crippen LogP contribution is 2.20. The number of amides is 1. The van der Waals surface area contributed by atoms with Crippen molar-refractivity contribution in [1.29, 1.82) is 0 Å². The van der Waals surface area contributed by atoms with E-state index in [4.69, 9.17) is 16.3 Å². The zero-order valence-corrected chi connectivity index (χ0v) is 11.4. The van der Waals surface area contributed by atoms with Crippen LogP contribution in [0.1, 0.15) is 20.8 Å². The lowest BCUT2D eigenvalue weighted by molar-refractivity contribution is 0.0635. The standard InChI is InChI=1S/C9H11BrClN3O2/c1-9(2,3)16-8(15)13-5-4-12-7(11)14-6(5)10/h4H,1-3H3,(H,13,15). The van der Waals surface area contributed by atoms with Gasteiger partial charge >= 0.3 is 6.09 Å². The van der Waals surface area contributed by atoms with Crippen molar-refractivity contribution in [2.45, 2.75) is 26.4 Å². The first-order valence-corrected chi connectivity index (χ1v) is 5.63. The number of rotatable bonds is 1. The molecule has 1 rings (SSSR count). The van der Waals surface area contributed by atoms with Crippen molar-refractivity contribution in [2.75, 3.05) is 5.32 Å². The van der Waals surface area contributed by atoms with E-state index in [2.05, 4.69) is 31.2 Å². The van der Waals surface area contributed by atoms with Crippen LogP contribution in [0.4, 0.5) is 10.5 Å². The summed E-state index contributed by atoms with van der Waals surface area (Å²) in [6, 6.07) is 0. The predicted octanol–water partition coefficient (Wildman–Crippen LogP) is 3.24. The predicted molar refractivity (Wildman–Crippen MR) is 64.6 cm³/mol. The molecule has 0 aliphatic carbocycles. The van der Waals surface area contributed by atoms with Gasteiger partial charge in [0.2, 0.25) is 5.28 Å². The number of ether oxygens (including phenoxy) is 1. The molecule has 0 aliphatic rings. The maximum atomic E-state index is 11.4. The van der Waals surface area contributed by atoms with Gasteiger partial charge in [-0.25, -0.2) is 14.8 Å². The van der Waals surface area contributed by atoms with E-state index in [9.17, 15) is 4.79 Å². The van der Waals surface area contributed by atoms with Gasteiger partial charge in [0.15, 0.2) is 0 Å². The van der Waals surface area contributed by atoms with Crippen LogP contribution in [0.5, 0.6) is 0 Å². The first kappa shape index (κ1) is 13.2. The fourth-order valence-electron chi connectivity index (χ4n) is 0.839. The van der Waals surface area contributed by atoms with E-state index in [1.54, 1.807) is 20.8 Å². The number of carbonyl (C=O) groups is 1. The zero-order chi connectivity index (χ0) is 12.3. The normalized spacial score (nSPS) is 11.1. The van der Waals surface area contributed by atoms with Gasteiger partial charge in [0.05, 0.1) is 11.9 Å². The van der Waals surface area contributed by atoms with Crippen LogP contribution in [0.15, 0.2) is 10.8 Å². The molecule has 0 aliphatic heterocycles. The van der Waals surface area contributed by atoms with Gasteiger partial charge in [0.1, 0.15) is 10.2 Å². The van der Waals surface area contributed by atoms with E-state index in [0.29, 0.717) is 10.3 Å². The summed E-state index contributed by atoms with van der Waals surface area (Å²) in [5.41, 5.74) is -0.150. The van der Waals surface area contributed by atoms with Crippen LogP contribution < -0.4 is 5.32 Å². The Bertz CT molecular complexity index is 406. The fraction of sp³-hybridized carbons (Fsp3) is 0.444. The number of halogens is 2. The van der Waals surface area contributed by atoms with E-state index in [1.165, 1.54) is 6.20 Å². The van der Waals surface area contributed by atoms with Crippen LogP contribution in [0, 0.1) is 0 Å². The third kappa shape index (κ3) is 4.32. The molecule has 1 heterocycles. The number of nitrogens with zero attached hydrogens (tertiary/aromatic N) is 2. The van der Waals surface area contributed by atoms with Crippen molar-refractivity contribution in [3.63, 3.8) is 0 Å². The molecule has 5 nitrogen and oxygen atoms in total. The van der Waals surface area contributed by atoms with Crippen LogP contribution in [0.3, 0.4) is 0 Å². The quantitative estimate of drug-likeness (QED) is 0.639. The highest BCUT2D eigenvalue weighted by molar-refractivity contribution is 9.10. The van der Waals surface area contributed by atoms with Gasteiger partial charge in [-0.05, 0) is 48.3 Å². The molecule has 0 radical (unpaired) electrons. The smallest absolute Gasteiger partial charge is 0.412 e. The van der Waals surface area contributed by atoms with E-state index in [1.807, 2.05) is 0 Å². The van der Waals surface area contributed by atoms with Gasteiger partial charge in [-0.3, -0.25) is 5.32 Å². The number of hydrogen-bond acceptors (Lipinski definition) is 4. The van der Waals surface area contributed by atoms with Gasteiger partial charge in [-0.1, -0.05) is 0 Å². The van der Waals surface area contributed by atoms with Crippen molar-refractivity contribution in [3.05, 3.63) is 16.1 Å². The summed E-state index contributed by atoms with van der Waals surface area (Å²) in [5.74, 6) is 0. The first-order valence-electron chi connectivity index (χ1n) is 4.46. The summed E-state index contributed by atoms with van der Waals surface area (Å²) in [6.07, 6.45) is 0.822. The molecule has 0 atom stereocenters. The van der Waals surface area contributed by atoms with Crippen LogP contribution in [0.2, 0.25) is 5.28 Å². The van der Waals surface area contributed by atoms with E-state index >= 15 is 0 Å². The van der Waals surface area contributed by atoms with E-state index < -0.39 is 11.7 Å². The van der Waals surface area contributed by atoms with Gasteiger partial charge in [-0.15, -0.1) is 0 Å². The molecule has 0 spiro atoms. The number of hydrogen-bond donors (Lipinski definition) is 1. The van der Waals surface area contributed by atoms with Gasteiger partial charge in [0, 0.05) is 0 Å². The second-order valence-electron chi connectivity index (χ2n) is 3.97. The molecule has 0 aromatic carbocycles. The molecule has 1 aromatic heterocycles. The summed E-state index contributed by atoms with van der Waals surface area (Å²) in [7, 11) is 0. The van der Waals surface area contributed by atoms with Crippen molar-refractivity contribution < 1.29 is 9.53 Å². The highest BCUT2D eigenvalue weighted by atomic mass is 79.9. The Labute approximate surface area is 107 Å². The second-order valence-corrected chi connectivity index (χ2v) is 5.06. The summed E-state index contributed by atoms with van der Waals surface area (Å²) in [5, 5.41) is 2.60. The molecule has 1 aromatic rings. The summed E-state index contributed by atoms with van der Waals surface area (Å²) in [4.78, 5) is 19.0. The molecular weight excluding hydrogens is 297 g/mol. The average Bonchev–Trinajstić information content (AvgIpc) is 2.06. The molecule has 1 amide bonds. The minimum Gasteiger partial charge on any atom is -0.444 e. The summed E-state index contributed by atoms with van der Waals surface area (Å²) >= 11 is 8.71. The molecule has 7 heteroatoms. The Morgan fingerprint density at radius 3 is 2.69 bits per heavy atom. The third-order valence-electron chi connectivity index (χ3n) is 1.35. The zero-order valence-electron chi connectivity index (χ0n) is 9.04. The van der Waals surface area contributed by atoms with E-state index in [-0.39, 0.29) is 5.28 Å². The van der Waals surface area contributed by atoms with Crippen molar-refractivity contribution >= 4 is 39.3 Å². The Kier molecular flexibility index (Phi) is 4.09. The molecule has 0 saturated heterocycles. The molecule has 0 fully saturated rings. The molecule has 0 unspecified atom stereocenters. The van der Waals surface area contributed by atoms with Crippen molar-refractivity contribution in [2.24, 2.45) is 0 Å². The molecule has 0 bridgehead atoms. The first-order chi connectivity index (χ1) is 7.28. The van der Waals surface area contributed by atoms with Gasteiger partial charge < -0.3 is 4.74 Å². The number of carbonyl (C=O) groups excluding carboxylic acids is 1. The molecule has 16 heavy (non-hydrogen) atoms. The van der Waals surface area contributed by atoms with Gasteiger partial charge in [0.25, 0.3) is 0 Å². The van der Waals surface area contributed by atoms with Crippen LogP contribution >= 0.6 is 27.5 Å². The molecule has 88 valence electrons. The lowest BCUT2D eigenvalue weighted by Gasteiger charge is -2.19. The minimum atomic E-state index is -0.570. The monoisotopic (exact) mass is 307 g/mol. The Morgan fingerprint density at radius 1 is 1.56 bits per heavy atom. The summed E-state index contributed by atoms with van der Waals surface area (Å²) < 4.78 is 5.47. The second kappa shape index (κ2) is 4.97. The Morgan fingerprint density at radius 2 is 2.19 bits per heavy atom. The average molecular weight is 309 g/mol. The van der Waals surface area contributed by atoms with Crippen molar-refractivity contribution in [1.82, 2.24) is 9.97 Å². The number of aromatic nitrogens is 2. The maximum Gasteiger partial charge on any atom is 0.412 e. The maximum absolute atomic E-state index is 11.4. The SMILES string of the molecule is CC(C)(C)OC(=O)Nc1cnc(Cl)nc1Br. The highest BCUT2D eigenvalue weighted by Gasteiger charge is 2.17. The lowest BCUT2D eigenvalue weighted by Crippen LogP contribution is -2.27. The fourth-order valence-corrected chi connectivity index (χ4v) is 1.44. The van der Waals surface area contributed by atoms with Crippen LogP contribution in [0.25, 0.3) is 0 Å². The minimum absolute atomic E-state index is 0.0987. The lowest BCUT2D eigenvalue weighted by atomic mass is 10.2. The third-order valence-corrected chi connectivity index (χ3v) is 2.14. The topological polar surface area (TPSA) is 64.1 Å². The largest absolute Gasteiger partial charge is 0.444 e. The number of anilines is 1. The summed E-state index contributed by atoms with van der Waals surface area (Å²) in [6.45, 7) is 5.33. The molecular formula is C9H11BrClN3O2. The van der Waals surface area contributed by atoms with E-state index in [0.717, 1.165) is 0 Å². The Balaban J connectivity index is 2.70. The van der Waals surface area contributed by atoms with Crippen molar-refractivity contribution in [3.8, 4) is 0 Å². The number of nitrogens with one attached hydrogen (secondary N) is 1. The molecule has 0 saturated carbocycles. The van der Waals surface area contributed by atoms with Gasteiger partial charge in [-0.2, -0.15) is 0 Å². The Hall–Kier alpha value is -0.880. The van der Waals surface area contributed by atoms with Crippen LogP contribution in [-0.4, -0.2) is 21.7 Å². The molecule has 1 N–H and O–H groups in total. The van der Waals surface area contributed by atoms with Crippen LogP contribution in [-0.2, 0) is 4.74 Å².